The molecule has 0 spiro atoms. The topological polar surface area (TPSA) is 71.0 Å². The number of nitrogens with zero attached hydrogens (tertiary/aromatic N) is 1. The van der Waals surface area contributed by atoms with Crippen molar-refractivity contribution in [2.75, 3.05) is 41.4 Å². The van der Waals surface area contributed by atoms with E-state index in [-0.39, 0.29) is 0 Å². The van der Waals surface area contributed by atoms with E-state index >= 15 is 0 Å². The number of nitrogens with one attached hydrogen (secondary N) is 1. The Bertz CT molecular complexity index is 427. The summed E-state index contributed by atoms with van der Waals surface area (Å²) in [5.74, 6) is 0.207. The summed E-state index contributed by atoms with van der Waals surface area (Å²) in [4.78, 5) is 13.4. The third-order valence-corrected chi connectivity index (χ3v) is 2.86. The Balaban J connectivity index is 2.93. The highest BCUT2D eigenvalue weighted by Crippen LogP contribution is 2.26. The second-order valence-electron chi connectivity index (χ2n) is 4.67. The lowest BCUT2D eigenvalue weighted by molar-refractivity contribution is -0.139. The molecule has 0 saturated heterocycles. The lowest BCUT2D eigenvalue weighted by atomic mass is 10.1. The Labute approximate surface area is 119 Å². The van der Waals surface area contributed by atoms with Gasteiger partial charge >= 0.3 is 5.97 Å². The van der Waals surface area contributed by atoms with Crippen LogP contribution in [0.15, 0.2) is 18.2 Å². The molecule has 0 radical (unpaired) electrons. The van der Waals surface area contributed by atoms with Crippen molar-refractivity contribution in [2.24, 2.45) is 0 Å². The van der Waals surface area contributed by atoms with E-state index in [9.17, 15) is 9.90 Å². The van der Waals surface area contributed by atoms with Crippen molar-refractivity contribution >= 4 is 5.97 Å². The van der Waals surface area contributed by atoms with Crippen molar-refractivity contribution < 1.29 is 19.4 Å². The molecule has 6 heteroatoms. The minimum Gasteiger partial charge on any atom is -0.497 e. The standard InChI is InChI=1S/C14H22N2O4/c1-16(2)6-5-15-13(14(17)18)10-7-11(19-3)9-12(8-10)20-4/h7-9,13,15H,5-6H2,1-4H3,(H,17,18). The second kappa shape index (κ2) is 7.72. The van der Waals surface area contributed by atoms with Gasteiger partial charge in [-0.3, -0.25) is 10.1 Å². The van der Waals surface area contributed by atoms with Crippen molar-refractivity contribution in [3.63, 3.8) is 0 Å². The number of carboxylic acid groups (broad SMARTS) is 1. The van der Waals surface area contributed by atoms with E-state index in [1.54, 1.807) is 18.2 Å². The molecular weight excluding hydrogens is 260 g/mol. The number of carbonyl (C=O) groups is 1. The molecule has 0 aliphatic heterocycles. The minimum absolute atomic E-state index is 0.569. The zero-order valence-corrected chi connectivity index (χ0v) is 12.3. The number of aliphatic carboxylic acids is 1. The van der Waals surface area contributed by atoms with E-state index in [4.69, 9.17) is 9.47 Å². The van der Waals surface area contributed by atoms with E-state index in [0.717, 1.165) is 6.54 Å². The number of hydrogen-bond acceptors (Lipinski definition) is 5. The Morgan fingerprint density at radius 3 is 2.20 bits per heavy atom. The van der Waals surface area contributed by atoms with Crippen LogP contribution in [0.4, 0.5) is 0 Å². The highest BCUT2D eigenvalue weighted by molar-refractivity contribution is 5.76. The molecule has 2 N–H and O–H groups in total. The molecule has 0 aliphatic carbocycles. The third-order valence-electron chi connectivity index (χ3n) is 2.86. The first-order chi connectivity index (χ1) is 9.47. The molecule has 0 aliphatic rings. The van der Waals surface area contributed by atoms with Crippen molar-refractivity contribution in [1.29, 1.82) is 0 Å². The van der Waals surface area contributed by atoms with E-state index in [0.29, 0.717) is 23.6 Å². The minimum atomic E-state index is -0.931. The molecule has 0 amide bonds. The van der Waals surface area contributed by atoms with Crippen LogP contribution in [0.3, 0.4) is 0 Å². The predicted molar refractivity (Wildman–Crippen MR) is 76.5 cm³/mol. The van der Waals surface area contributed by atoms with Gasteiger partial charge in [-0.05, 0) is 31.8 Å². The SMILES string of the molecule is COc1cc(OC)cc(C(NCCN(C)C)C(=O)O)c1. The Hall–Kier alpha value is -1.79. The number of methoxy groups -OCH3 is 2. The summed E-state index contributed by atoms with van der Waals surface area (Å²) in [6.45, 7) is 1.33. The molecule has 0 fully saturated rings. The molecule has 1 aromatic rings. The summed E-state index contributed by atoms with van der Waals surface area (Å²) >= 11 is 0. The summed E-state index contributed by atoms with van der Waals surface area (Å²) in [5.41, 5.74) is 0.604. The summed E-state index contributed by atoms with van der Waals surface area (Å²) in [7, 11) is 6.94. The van der Waals surface area contributed by atoms with Crippen molar-refractivity contribution in [3.8, 4) is 11.5 Å². The van der Waals surface area contributed by atoms with Crippen LogP contribution in [-0.4, -0.2) is 57.4 Å². The molecule has 112 valence electrons. The molecule has 6 nitrogen and oxygen atoms in total. The molecule has 1 atom stereocenters. The van der Waals surface area contributed by atoms with Gasteiger partial charge in [-0.25, -0.2) is 0 Å². The number of benzene rings is 1. The maximum atomic E-state index is 11.4. The van der Waals surface area contributed by atoms with Crippen LogP contribution in [0.1, 0.15) is 11.6 Å². The van der Waals surface area contributed by atoms with Gasteiger partial charge in [-0.1, -0.05) is 0 Å². The maximum absolute atomic E-state index is 11.4. The lowest BCUT2D eigenvalue weighted by Crippen LogP contribution is -2.33. The summed E-state index contributed by atoms with van der Waals surface area (Å²) in [6.07, 6.45) is 0. The van der Waals surface area contributed by atoms with Gasteiger partial charge in [-0.15, -0.1) is 0 Å². The van der Waals surface area contributed by atoms with E-state index in [1.165, 1.54) is 14.2 Å². The fraction of sp³-hybridized carbons (Fsp3) is 0.500. The summed E-state index contributed by atoms with van der Waals surface area (Å²) < 4.78 is 10.3. The van der Waals surface area contributed by atoms with Crippen LogP contribution < -0.4 is 14.8 Å². The van der Waals surface area contributed by atoms with Gasteiger partial charge in [0.2, 0.25) is 0 Å². The summed E-state index contributed by atoms with van der Waals surface area (Å²) in [5, 5.41) is 12.4. The van der Waals surface area contributed by atoms with Crippen LogP contribution in [0, 0.1) is 0 Å². The normalized spacial score (nSPS) is 12.2. The van der Waals surface area contributed by atoms with E-state index in [2.05, 4.69) is 5.32 Å². The Morgan fingerprint density at radius 1 is 1.25 bits per heavy atom. The van der Waals surface area contributed by atoms with Gasteiger partial charge < -0.3 is 19.5 Å². The van der Waals surface area contributed by atoms with Crippen LogP contribution >= 0.6 is 0 Å². The maximum Gasteiger partial charge on any atom is 0.325 e. The average molecular weight is 282 g/mol. The van der Waals surface area contributed by atoms with Crippen LogP contribution in [0.25, 0.3) is 0 Å². The average Bonchev–Trinajstić information content (AvgIpc) is 2.42. The first-order valence-corrected chi connectivity index (χ1v) is 6.31. The second-order valence-corrected chi connectivity index (χ2v) is 4.67. The number of rotatable bonds is 8. The fourth-order valence-corrected chi connectivity index (χ4v) is 1.78. The number of hydrogen-bond donors (Lipinski definition) is 2. The number of likely N-dealkylation sites (N-methyl/N-ethyl adjacent to an activating group) is 1. The highest BCUT2D eigenvalue weighted by atomic mass is 16.5. The van der Waals surface area contributed by atoms with Crippen molar-refractivity contribution in [2.45, 2.75) is 6.04 Å². The third kappa shape index (κ3) is 4.71. The van der Waals surface area contributed by atoms with Gasteiger partial charge in [0.05, 0.1) is 14.2 Å². The molecule has 0 heterocycles. The first kappa shape index (κ1) is 16.3. The highest BCUT2D eigenvalue weighted by Gasteiger charge is 2.20. The van der Waals surface area contributed by atoms with E-state index < -0.39 is 12.0 Å². The van der Waals surface area contributed by atoms with Crippen molar-refractivity contribution in [1.82, 2.24) is 10.2 Å². The Morgan fingerprint density at radius 2 is 1.80 bits per heavy atom. The monoisotopic (exact) mass is 282 g/mol. The predicted octanol–water partition coefficient (Wildman–Crippen LogP) is 0.981. The lowest BCUT2D eigenvalue weighted by Gasteiger charge is -2.18. The molecule has 0 bridgehead atoms. The fourth-order valence-electron chi connectivity index (χ4n) is 1.78. The number of carboxylic acids is 1. The Kier molecular flexibility index (Phi) is 6.27. The quantitative estimate of drug-likeness (QED) is 0.740. The smallest absolute Gasteiger partial charge is 0.325 e. The van der Waals surface area contributed by atoms with Gasteiger partial charge in [-0.2, -0.15) is 0 Å². The molecule has 0 saturated carbocycles. The number of ether oxygens (including phenoxy) is 2. The molecule has 1 aromatic carbocycles. The molecule has 1 unspecified atom stereocenters. The van der Waals surface area contributed by atoms with Crippen LogP contribution in [0.2, 0.25) is 0 Å². The van der Waals surface area contributed by atoms with Gasteiger partial charge in [0.25, 0.3) is 0 Å². The van der Waals surface area contributed by atoms with Gasteiger partial charge in [0, 0.05) is 19.2 Å². The van der Waals surface area contributed by atoms with Gasteiger partial charge in [0.1, 0.15) is 17.5 Å². The van der Waals surface area contributed by atoms with Gasteiger partial charge in [0.15, 0.2) is 0 Å². The van der Waals surface area contributed by atoms with Crippen molar-refractivity contribution in [3.05, 3.63) is 23.8 Å². The van der Waals surface area contributed by atoms with Crippen LogP contribution in [-0.2, 0) is 4.79 Å². The molecular formula is C14H22N2O4. The zero-order valence-electron chi connectivity index (χ0n) is 12.3. The molecule has 20 heavy (non-hydrogen) atoms. The van der Waals surface area contributed by atoms with E-state index in [1.807, 2.05) is 19.0 Å². The van der Waals surface area contributed by atoms with Crippen LogP contribution in [0.5, 0.6) is 11.5 Å². The summed E-state index contributed by atoms with van der Waals surface area (Å²) in [6, 6.07) is 4.31. The first-order valence-electron chi connectivity index (χ1n) is 6.31. The molecule has 0 aromatic heterocycles. The zero-order chi connectivity index (χ0) is 15.1. The largest absolute Gasteiger partial charge is 0.497 e. The molecule has 1 rings (SSSR count).